The van der Waals surface area contributed by atoms with Gasteiger partial charge in [0.05, 0.1) is 25.4 Å². The molecule has 0 aliphatic rings. The van der Waals surface area contributed by atoms with Crippen molar-refractivity contribution in [3.05, 3.63) is 69.3 Å². The quantitative estimate of drug-likeness (QED) is 0.512. The smallest absolute Gasteiger partial charge is 0.340 e. The van der Waals surface area contributed by atoms with Crippen LogP contribution in [0.5, 0.6) is 5.75 Å². The number of aryl methyl sites for hydroxylation is 3. The molecule has 2 heterocycles. The first-order valence-corrected chi connectivity index (χ1v) is 9.26. The minimum atomic E-state index is -0.509. The lowest BCUT2D eigenvalue weighted by Crippen LogP contribution is -2.20. The van der Waals surface area contributed by atoms with Gasteiger partial charge in [-0.25, -0.2) is 4.79 Å². The van der Waals surface area contributed by atoms with Crippen molar-refractivity contribution >= 4 is 33.5 Å². The number of carbonyl (C=O) groups excluding carboxylic acids is 1. The Balaban J connectivity index is 1.71. The van der Waals surface area contributed by atoms with E-state index in [2.05, 4.69) is 5.32 Å². The number of ether oxygens (including phenoxy) is 1. The number of methoxy groups -OCH3 is 1. The van der Waals surface area contributed by atoms with Crippen LogP contribution in [0.2, 0.25) is 0 Å². The zero-order chi connectivity index (χ0) is 20.7. The van der Waals surface area contributed by atoms with E-state index >= 15 is 0 Å². The molecule has 0 unspecified atom stereocenters. The van der Waals surface area contributed by atoms with Crippen molar-refractivity contribution in [1.82, 2.24) is 0 Å². The average Bonchev–Trinajstić information content (AvgIpc) is 3.08. The normalized spacial score (nSPS) is 11.2. The molecule has 0 atom stereocenters. The number of hydrogen-bond donors (Lipinski definition) is 1. The van der Waals surface area contributed by atoms with Gasteiger partial charge in [-0.05, 0) is 62.2 Å². The van der Waals surface area contributed by atoms with Gasteiger partial charge in [0, 0.05) is 22.0 Å². The van der Waals surface area contributed by atoms with Gasteiger partial charge in [-0.15, -0.1) is 0 Å². The molecular formula is C23H21NO5. The first-order valence-electron chi connectivity index (χ1n) is 9.26. The molecule has 6 nitrogen and oxygen atoms in total. The van der Waals surface area contributed by atoms with E-state index in [0.29, 0.717) is 28.2 Å². The molecule has 6 heteroatoms. The SMILES string of the molecule is COc1ccc(NC(=O)Cc2c(C)c3cc4c(C)coc4c(C)c3oc2=O)cc1. The molecule has 0 aliphatic carbocycles. The largest absolute Gasteiger partial charge is 0.497 e. The fraction of sp³-hybridized carbons (Fsp3) is 0.217. The van der Waals surface area contributed by atoms with Crippen molar-refractivity contribution in [1.29, 1.82) is 0 Å². The average molecular weight is 391 g/mol. The third-order valence-corrected chi connectivity index (χ3v) is 5.25. The van der Waals surface area contributed by atoms with E-state index in [4.69, 9.17) is 13.6 Å². The number of fused-ring (bicyclic) bond motifs is 2. The van der Waals surface area contributed by atoms with E-state index in [-0.39, 0.29) is 12.3 Å². The molecule has 0 aliphatic heterocycles. The summed E-state index contributed by atoms with van der Waals surface area (Å²) in [5, 5.41) is 4.58. The minimum absolute atomic E-state index is 0.0718. The van der Waals surface area contributed by atoms with E-state index in [1.54, 1.807) is 37.6 Å². The molecule has 148 valence electrons. The van der Waals surface area contributed by atoms with E-state index in [1.807, 2.05) is 26.8 Å². The van der Waals surface area contributed by atoms with Gasteiger partial charge in [0.1, 0.15) is 16.9 Å². The van der Waals surface area contributed by atoms with Gasteiger partial charge in [0.2, 0.25) is 5.91 Å². The highest BCUT2D eigenvalue weighted by Crippen LogP contribution is 2.32. The van der Waals surface area contributed by atoms with Crippen molar-refractivity contribution < 1.29 is 18.4 Å². The molecule has 1 N–H and O–H groups in total. The molecule has 0 fully saturated rings. The second kappa shape index (κ2) is 7.13. The standard InChI is InChI=1S/C23H21NO5/c1-12-11-28-21-14(3)22-18(9-17(12)21)13(2)19(23(26)29-22)10-20(25)24-15-5-7-16(27-4)8-6-15/h5-9,11H,10H2,1-4H3,(H,24,25). The van der Waals surface area contributed by atoms with Gasteiger partial charge in [-0.1, -0.05) is 0 Å². The number of benzene rings is 2. The molecule has 29 heavy (non-hydrogen) atoms. The maximum Gasteiger partial charge on any atom is 0.340 e. The Morgan fingerprint density at radius 2 is 1.76 bits per heavy atom. The van der Waals surface area contributed by atoms with Gasteiger partial charge >= 0.3 is 5.63 Å². The summed E-state index contributed by atoms with van der Waals surface area (Å²) in [5.41, 5.74) is 4.21. The zero-order valence-electron chi connectivity index (χ0n) is 16.7. The number of carbonyl (C=O) groups is 1. The Hall–Kier alpha value is -3.54. The van der Waals surface area contributed by atoms with Gasteiger partial charge in [0.25, 0.3) is 0 Å². The van der Waals surface area contributed by atoms with Crippen molar-refractivity contribution in [2.75, 3.05) is 12.4 Å². The van der Waals surface area contributed by atoms with Crippen molar-refractivity contribution in [3.63, 3.8) is 0 Å². The topological polar surface area (TPSA) is 81.7 Å². The lowest BCUT2D eigenvalue weighted by molar-refractivity contribution is -0.115. The Bertz CT molecular complexity index is 1300. The maximum absolute atomic E-state index is 12.6. The van der Waals surface area contributed by atoms with Crippen LogP contribution in [0.4, 0.5) is 5.69 Å². The molecule has 4 rings (SSSR count). The second-order valence-corrected chi connectivity index (χ2v) is 7.12. The van der Waals surface area contributed by atoms with Crippen molar-refractivity contribution in [2.24, 2.45) is 0 Å². The van der Waals surface area contributed by atoms with E-state index in [1.165, 1.54) is 0 Å². The molecule has 0 radical (unpaired) electrons. The number of rotatable bonds is 4. The predicted octanol–water partition coefficient (Wildman–Crippen LogP) is 4.65. The molecule has 0 saturated heterocycles. The lowest BCUT2D eigenvalue weighted by Gasteiger charge is -2.11. The van der Waals surface area contributed by atoms with Crippen LogP contribution < -0.4 is 15.7 Å². The minimum Gasteiger partial charge on any atom is -0.497 e. The molecule has 4 aromatic rings. The third kappa shape index (κ3) is 3.27. The number of hydrogen-bond acceptors (Lipinski definition) is 5. The first-order chi connectivity index (χ1) is 13.9. The molecular weight excluding hydrogens is 370 g/mol. The van der Waals surface area contributed by atoms with Crippen LogP contribution in [0, 0.1) is 20.8 Å². The summed E-state index contributed by atoms with van der Waals surface area (Å²) in [4.78, 5) is 25.2. The van der Waals surface area contributed by atoms with E-state index in [9.17, 15) is 9.59 Å². The Kier molecular flexibility index (Phi) is 4.62. The van der Waals surface area contributed by atoms with Crippen LogP contribution in [-0.2, 0) is 11.2 Å². The maximum atomic E-state index is 12.6. The Morgan fingerprint density at radius 3 is 2.45 bits per heavy atom. The Morgan fingerprint density at radius 1 is 1.03 bits per heavy atom. The number of nitrogens with one attached hydrogen (secondary N) is 1. The van der Waals surface area contributed by atoms with Crippen molar-refractivity contribution in [2.45, 2.75) is 27.2 Å². The van der Waals surface area contributed by atoms with E-state index in [0.717, 1.165) is 27.5 Å². The van der Waals surface area contributed by atoms with Crippen LogP contribution in [0.25, 0.3) is 21.9 Å². The van der Waals surface area contributed by atoms with Gasteiger partial charge < -0.3 is 18.9 Å². The molecule has 0 bridgehead atoms. The molecule has 2 aromatic heterocycles. The fourth-order valence-electron chi connectivity index (χ4n) is 3.56. The van der Waals surface area contributed by atoms with Crippen LogP contribution in [0.3, 0.4) is 0 Å². The predicted molar refractivity (Wildman–Crippen MR) is 112 cm³/mol. The van der Waals surface area contributed by atoms with E-state index < -0.39 is 5.63 Å². The van der Waals surface area contributed by atoms with Crippen LogP contribution in [-0.4, -0.2) is 13.0 Å². The summed E-state index contributed by atoms with van der Waals surface area (Å²) in [7, 11) is 1.58. The number of furan rings is 1. The van der Waals surface area contributed by atoms with Gasteiger partial charge in [-0.3, -0.25) is 4.79 Å². The summed E-state index contributed by atoms with van der Waals surface area (Å²) >= 11 is 0. The summed E-state index contributed by atoms with van der Waals surface area (Å²) < 4.78 is 16.3. The molecule has 0 spiro atoms. The zero-order valence-corrected chi connectivity index (χ0v) is 16.7. The van der Waals surface area contributed by atoms with Crippen LogP contribution in [0.1, 0.15) is 22.3 Å². The second-order valence-electron chi connectivity index (χ2n) is 7.12. The molecule has 2 aromatic carbocycles. The monoisotopic (exact) mass is 391 g/mol. The Labute approximate surface area is 167 Å². The van der Waals surface area contributed by atoms with Gasteiger partial charge in [-0.2, -0.15) is 0 Å². The van der Waals surface area contributed by atoms with Crippen LogP contribution >= 0.6 is 0 Å². The highest BCUT2D eigenvalue weighted by molar-refractivity contribution is 6.00. The molecule has 0 saturated carbocycles. The molecule has 1 amide bonds. The lowest BCUT2D eigenvalue weighted by atomic mass is 9.99. The van der Waals surface area contributed by atoms with Crippen molar-refractivity contribution in [3.8, 4) is 5.75 Å². The number of amides is 1. The summed E-state index contributed by atoms with van der Waals surface area (Å²) in [6.07, 6.45) is 1.62. The van der Waals surface area contributed by atoms with Crippen LogP contribution in [0.15, 0.2) is 50.2 Å². The highest BCUT2D eigenvalue weighted by Gasteiger charge is 2.19. The fourth-order valence-corrected chi connectivity index (χ4v) is 3.56. The summed E-state index contributed by atoms with van der Waals surface area (Å²) in [5.74, 6) is 0.410. The summed E-state index contributed by atoms with van der Waals surface area (Å²) in [6.45, 7) is 5.68. The summed E-state index contributed by atoms with van der Waals surface area (Å²) in [6, 6.07) is 8.96. The number of anilines is 1. The third-order valence-electron chi connectivity index (χ3n) is 5.25. The van der Waals surface area contributed by atoms with Gasteiger partial charge in [0.15, 0.2) is 0 Å². The first kappa shape index (κ1) is 18.8. The highest BCUT2D eigenvalue weighted by atomic mass is 16.5.